The molecule has 3 rings (SSSR count). The molecule has 0 saturated heterocycles. The highest BCUT2D eigenvalue weighted by Crippen LogP contribution is 2.31. The van der Waals surface area contributed by atoms with Crippen LogP contribution in [0.3, 0.4) is 0 Å². The lowest BCUT2D eigenvalue weighted by molar-refractivity contribution is 0.0904. The van der Waals surface area contributed by atoms with E-state index in [0.717, 1.165) is 0 Å². The number of hydrogen-bond acceptors (Lipinski definition) is 4. The molecule has 22 heavy (non-hydrogen) atoms. The summed E-state index contributed by atoms with van der Waals surface area (Å²) in [5.74, 6) is 0.680. The van der Waals surface area contributed by atoms with E-state index in [-0.39, 0.29) is 23.5 Å². The summed E-state index contributed by atoms with van der Waals surface area (Å²) < 4.78 is 29.8. The quantitative estimate of drug-likeness (QED) is 0.923. The first-order chi connectivity index (χ1) is 10.5. The first-order valence-corrected chi connectivity index (χ1v) is 8.81. The summed E-state index contributed by atoms with van der Waals surface area (Å²) in [6.07, 6.45) is 1.10. The van der Waals surface area contributed by atoms with Gasteiger partial charge in [0.15, 0.2) is 15.6 Å². The molecule has 1 aromatic carbocycles. The highest BCUT2D eigenvalue weighted by molar-refractivity contribution is 7.91. The Morgan fingerprint density at radius 2 is 2.00 bits per heavy atom. The topological polar surface area (TPSA) is 76.4 Å². The summed E-state index contributed by atoms with van der Waals surface area (Å²) in [4.78, 5) is 12.6. The zero-order chi connectivity index (χ0) is 15.7. The van der Waals surface area contributed by atoms with Gasteiger partial charge in [-0.1, -0.05) is 18.2 Å². The third kappa shape index (κ3) is 2.78. The molecule has 1 aliphatic heterocycles. The average Bonchev–Trinajstić information content (AvgIpc) is 2.87. The Morgan fingerprint density at radius 1 is 1.23 bits per heavy atom. The molecule has 0 spiro atoms. The molecule has 1 aliphatic rings. The second-order valence-electron chi connectivity index (χ2n) is 5.44. The van der Waals surface area contributed by atoms with Crippen LogP contribution in [0.15, 0.2) is 45.7 Å². The maximum Gasteiger partial charge on any atom is 0.287 e. The Kier molecular flexibility index (Phi) is 3.78. The Morgan fingerprint density at radius 3 is 2.73 bits per heavy atom. The molecular formula is C16H17NO4S. The molecule has 1 aromatic heterocycles. The molecule has 1 amide bonds. The summed E-state index contributed by atoms with van der Waals surface area (Å²) in [6, 6.07) is 9.87. The van der Waals surface area contributed by atoms with E-state index >= 15 is 0 Å². The third-order valence-electron chi connectivity index (χ3n) is 3.80. The lowest BCUT2D eigenvalue weighted by Crippen LogP contribution is -2.28. The van der Waals surface area contributed by atoms with Crippen LogP contribution in [0, 0.1) is 6.92 Å². The first kappa shape index (κ1) is 14.8. The van der Waals surface area contributed by atoms with Crippen molar-refractivity contribution in [2.75, 3.05) is 5.75 Å². The van der Waals surface area contributed by atoms with Gasteiger partial charge < -0.3 is 9.73 Å². The van der Waals surface area contributed by atoms with E-state index < -0.39 is 9.84 Å². The van der Waals surface area contributed by atoms with Crippen LogP contribution >= 0.6 is 0 Å². The van der Waals surface area contributed by atoms with Gasteiger partial charge in [0.05, 0.1) is 16.7 Å². The maximum atomic E-state index is 12.3. The first-order valence-electron chi connectivity index (χ1n) is 7.16. The van der Waals surface area contributed by atoms with E-state index in [1.165, 1.54) is 0 Å². The summed E-state index contributed by atoms with van der Waals surface area (Å²) in [7, 11) is -3.28. The second-order valence-corrected chi connectivity index (χ2v) is 7.51. The minimum Gasteiger partial charge on any atom is -0.456 e. The van der Waals surface area contributed by atoms with Crippen molar-refractivity contribution in [2.45, 2.75) is 30.7 Å². The summed E-state index contributed by atoms with van der Waals surface area (Å²) >= 11 is 0. The van der Waals surface area contributed by atoms with Gasteiger partial charge in [-0.25, -0.2) is 8.42 Å². The van der Waals surface area contributed by atoms with Gasteiger partial charge >= 0.3 is 0 Å². The van der Waals surface area contributed by atoms with Gasteiger partial charge in [-0.15, -0.1) is 0 Å². The van der Waals surface area contributed by atoms with E-state index in [0.29, 0.717) is 29.1 Å². The molecule has 5 nitrogen and oxygen atoms in total. The molecule has 0 aliphatic carbocycles. The van der Waals surface area contributed by atoms with Crippen molar-refractivity contribution in [3.63, 3.8) is 0 Å². The van der Waals surface area contributed by atoms with Crippen molar-refractivity contribution in [1.82, 2.24) is 5.32 Å². The van der Waals surface area contributed by atoms with Crippen LogP contribution in [0.5, 0.6) is 0 Å². The third-order valence-corrected chi connectivity index (χ3v) is 5.67. The number of carbonyl (C=O) groups is 1. The number of benzene rings is 1. The lowest BCUT2D eigenvalue weighted by Gasteiger charge is -2.18. The number of rotatable bonds is 2. The van der Waals surface area contributed by atoms with Gasteiger partial charge in [-0.2, -0.15) is 0 Å². The van der Waals surface area contributed by atoms with Gasteiger partial charge in [0.25, 0.3) is 5.91 Å². The fraction of sp³-hybridized carbons (Fsp3) is 0.312. The molecule has 116 valence electrons. The maximum absolute atomic E-state index is 12.3. The zero-order valence-electron chi connectivity index (χ0n) is 12.2. The second kappa shape index (κ2) is 5.61. The molecule has 1 N–H and O–H groups in total. The van der Waals surface area contributed by atoms with Crippen LogP contribution in [-0.2, 0) is 9.84 Å². The Hall–Kier alpha value is -2.08. The van der Waals surface area contributed by atoms with Crippen molar-refractivity contribution in [3.05, 3.63) is 53.5 Å². The van der Waals surface area contributed by atoms with Crippen LogP contribution in [0.1, 0.15) is 40.8 Å². The van der Waals surface area contributed by atoms with Crippen LogP contribution in [-0.4, -0.2) is 20.1 Å². The van der Waals surface area contributed by atoms with Crippen molar-refractivity contribution in [3.8, 4) is 0 Å². The number of nitrogens with one attached hydrogen (secondary N) is 1. The SMILES string of the molecule is Cc1ccc(C(=O)N[C@H]2CCCS(=O)(=O)c3ccccc32)o1. The monoisotopic (exact) mass is 319 g/mol. The number of carbonyl (C=O) groups excluding carboxylic acids is 1. The Balaban J connectivity index is 1.92. The van der Waals surface area contributed by atoms with Gasteiger partial charge in [-0.3, -0.25) is 4.79 Å². The van der Waals surface area contributed by atoms with E-state index in [1.54, 1.807) is 43.3 Å². The molecule has 6 heteroatoms. The number of sulfone groups is 1. The van der Waals surface area contributed by atoms with Gasteiger partial charge in [0.1, 0.15) is 5.76 Å². The smallest absolute Gasteiger partial charge is 0.287 e. The number of amides is 1. The van der Waals surface area contributed by atoms with E-state index in [9.17, 15) is 13.2 Å². The molecule has 2 aromatic rings. The van der Waals surface area contributed by atoms with Gasteiger partial charge in [0, 0.05) is 0 Å². The minimum absolute atomic E-state index is 0.107. The molecule has 2 heterocycles. The van der Waals surface area contributed by atoms with E-state index in [4.69, 9.17) is 4.42 Å². The summed E-state index contributed by atoms with van der Waals surface area (Å²) in [6.45, 7) is 1.77. The molecular weight excluding hydrogens is 302 g/mol. The molecule has 0 radical (unpaired) electrons. The lowest BCUT2D eigenvalue weighted by atomic mass is 10.0. The Labute approximate surface area is 129 Å². The molecule has 0 saturated carbocycles. The zero-order valence-corrected chi connectivity index (χ0v) is 13.0. The molecule has 1 atom stereocenters. The van der Waals surface area contributed by atoms with Crippen LogP contribution in [0.25, 0.3) is 0 Å². The standard InChI is InChI=1S/C16H17NO4S/c1-11-8-9-14(21-11)16(18)17-13-6-4-10-22(19,20)15-7-3-2-5-12(13)15/h2-3,5,7-9,13H,4,6,10H2,1H3,(H,17,18)/t13-/m0/s1. The van der Waals surface area contributed by atoms with Crippen LogP contribution < -0.4 is 5.32 Å². The van der Waals surface area contributed by atoms with Gasteiger partial charge in [0.2, 0.25) is 0 Å². The highest BCUT2D eigenvalue weighted by Gasteiger charge is 2.28. The van der Waals surface area contributed by atoms with E-state index in [1.807, 2.05) is 0 Å². The number of furan rings is 1. The summed E-state index contributed by atoms with van der Waals surface area (Å²) in [5.41, 5.74) is 0.650. The predicted molar refractivity (Wildman–Crippen MR) is 81.4 cm³/mol. The Bertz CT molecular complexity index is 807. The van der Waals surface area contributed by atoms with E-state index in [2.05, 4.69) is 5.32 Å². The van der Waals surface area contributed by atoms with Crippen molar-refractivity contribution >= 4 is 15.7 Å². The predicted octanol–water partition coefficient (Wildman–Crippen LogP) is 2.63. The molecule has 0 unspecified atom stereocenters. The normalized spacial score (nSPS) is 20.0. The molecule has 0 fully saturated rings. The number of fused-ring (bicyclic) bond motifs is 1. The number of hydrogen-bond donors (Lipinski definition) is 1. The number of aryl methyl sites for hydroxylation is 1. The fourth-order valence-electron chi connectivity index (χ4n) is 2.73. The van der Waals surface area contributed by atoms with Crippen molar-refractivity contribution in [1.29, 1.82) is 0 Å². The average molecular weight is 319 g/mol. The fourth-order valence-corrected chi connectivity index (χ4v) is 4.35. The van der Waals surface area contributed by atoms with Crippen molar-refractivity contribution < 1.29 is 17.6 Å². The van der Waals surface area contributed by atoms with Crippen molar-refractivity contribution in [2.24, 2.45) is 0 Å². The molecule has 0 bridgehead atoms. The minimum atomic E-state index is -3.28. The largest absolute Gasteiger partial charge is 0.456 e. The van der Waals surface area contributed by atoms with Gasteiger partial charge in [-0.05, 0) is 43.5 Å². The van der Waals surface area contributed by atoms with Crippen LogP contribution in [0.2, 0.25) is 0 Å². The van der Waals surface area contributed by atoms with Crippen LogP contribution in [0.4, 0.5) is 0 Å². The summed E-state index contributed by atoms with van der Waals surface area (Å²) in [5, 5.41) is 2.89. The highest BCUT2D eigenvalue weighted by atomic mass is 32.2.